The Hall–Kier alpha value is -1.81. The number of methoxy groups -OCH3 is 1. The number of hydrogen-bond donors (Lipinski definition) is 2. The van der Waals surface area contributed by atoms with Gasteiger partial charge in [-0.05, 0) is 19.3 Å². The average Bonchev–Trinajstić information content (AvgIpc) is 2.35. The van der Waals surface area contributed by atoms with Gasteiger partial charge in [-0.25, -0.2) is 4.79 Å². The first-order valence-electron chi connectivity index (χ1n) is 6.68. The number of carboxylic acids is 1. The van der Waals surface area contributed by atoms with E-state index < -0.39 is 11.5 Å². The van der Waals surface area contributed by atoms with E-state index in [-0.39, 0.29) is 18.9 Å². The summed E-state index contributed by atoms with van der Waals surface area (Å²) in [4.78, 5) is 24.6. The number of nitrogens with one attached hydrogen (secondary N) is 1. The van der Waals surface area contributed by atoms with Gasteiger partial charge in [0.15, 0.2) is 0 Å². The van der Waals surface area contributed by atoms with Crippen LogP contribution in [0.1, 0.15) is 32.1 Å². The second kappa shape index (κ2) is 7.70. The number of rotatable bonds is 8. The van der Waals surface area contributed by atoms with Gasteiger partial charge >= 0.3 is 12.0 Å². The van der Waals surface area contributed by atoms with Crippen molar-refractivity contribution in [2.24, 2.45) is 0 Å². The average molecular weight is 283 g/mol. The third-order valence-electron chi connectivity index (χ3n) is 3.52. The number of carboxylic acid groups (broad SMARTS) is 1. The molecule has 1 rings (SSSR count). The summed E-state index contributed by atoms with van der Waals surface area (Å²) >= 11 is 0. The van der Waals surface area contributed by atoms with Crippen LogP contribution < -0.4 is 5.32 Å². The molecule has 0 aromatic rings. The van der Waals surface area contributed by atoms with E-state index in [1.807, 2.05) is 6.07 Å². The van der Waals surface area contributed by atoms with Crippen LogP contribution in [0.4, 0.5) is 4.79 Å². The van der Waals surface area contributed by atoms with Crippen LogP contribution in [0.25, 0.3) is 0 Å². The minimum absolute atomic E-state index is 0.0604. The lowest BCUT2D eigenvalue weighted by molar-refractivity contribution is -0.139. The predicted octanol–water partition coefficient (Wildman–Crippen LogP) is 0.955. The lowest BCUT2D eigenvalue weighted by atomic mass is 9.74. The summed E-state index contributed by atoms with van der Waals surface area (Å²) in [7, 11) is 1.54. The quantitative estimate of drug-likeness (QED) is 0.690. The number of ether oxygens (including phenoxy) is 1. The Balaban J connectivity index is 2.59. The highest BCUT2D eigenvalue weighted by molar-refractivity contribution is 5.77. The standard InChI is InChI=1S/C13H21N3O4/c1-20-9-8-16(7-3-6-14)12(19)15-13(4-2-5-13)10-11(17)18/h2-5,7-10H2,1H3,(H,15,19)(H,17,18). The second-order valence-electron chi connectivity index (χ2n) is 5.02. The molecule has 112 valence electrons. The predicted molar refractivity (Wildman–Crippen MR) is 71.0 cm³/mol. The molecule has 0 bridgehead atoms. The number of nitriles is 1. The summed E-state index contributed by atoms with van der Waals surface area (Å²) in [5.41, 5.74) is -0.624. The molecule has 0 heterocycles. The van der Waals surface area contributed by atoms with Crippen LogP contribution in [-0.4, -0.2) is 54.4 Å². The van der Waals surface area contributed by atoms with Crippen molar-refractivity contribution in [2.75, 3.05) is 26.8 Å². The smallest absolute Gasteiger partial charge is 0.317 e. The molecule has 0 saturated heterocycles. The van der Waals surface area contributed by atoms with E-state index in [9.17, 15) is 9.59 Å². The lowest BCUT2D eigenvalue weighted by Crippen LogP contribution is -2.58. The van der Waals surface area contributed by atoms with Gasteiger partial charge in [0.05, 0.1) is 31.1 Å². The topological polar surface area (TPSA) is 103 Å². The maximum atomic E-state index is 12.2. The van der Waals surface area contributed by atoms with Gasteiger partial charge in [-0.1, -0.05) is 0 Å². The minimum Gasteiger partial charge on any atom is -0.481 e. The van der Waals surface area contributed by atoms with Gasteiger partial charge in [0.1, 0.15) is 0 Å². The third kappa shape index (κ3) is 4.70. The summed E-state index contributed by atoms with van der Waals surface area (Å²) < 4.78 is 4.94. The van der Waals surface area contributed by atoms with Gasteiger partial charge in [0.25, 0.3) is 0 Å². The summed E-state index contributed by atoms with van der Waals surface area (Å²) in [6, 6.07) is 1.67. The van der Waals surface area contributed by atoms with Gasteiger partial charge < -0.3 is 20.1 Å². The molecule has 0 radical (unpaired) electrons. The van der Waals surface area contributed by atoms with E-state index >= 15 is 0 Å². The fourth-order valence-corrected chi connectivity index (χ4v) is 2.25. The van der Waals surface area contributed by atoms with E-state index in [0.717, 1.165) is 6.42 Å². The van der Waals surface area contributed by atoms with E-state index in [0.29, 0.717) is 32.5 Å². The zero-order valence-corrected chi connectivity index (χ0v) is 11.7. The largest absolute Gasteiger partial charge is 0.481 e. The van der Waals surface area contributed by atoms with Crippen LogP contribution in [0.15, 0.2) is 0 Å². The van der Waals surface area contributed by atoms with Crippen LogP contribution in [0.2, 0.25) is 0 Å². The van der Waals surface area contributed by atoms with Crippen molar-refractivity contribution < 1.29 is 19.4 Å². The molecule has 0 atom stereocenters. The Labute approximate surface area is 118 Å². The number of amides is 2. The van der Waals surface area contributed by atoms with Crippen LogP contribution >= 0.6 is 0 Å². The van der Waals surface area contributed by atoms with Crippen LogP contribution in [0.3, 0.4) is 0 Å². The number of nitrogens with zero attached hydrogens (tertiary/aromatic N) is 2. The summed E-state index contributed by atoms with van der Waals surface area (Å²) in [5, 5.41) is 20.4. The van der Waals surface area contributed by atoms with Crippen LogP contribution in [-0.2, 0) is 9.53 Å². The highest BCUT2D eigenvalue weighted by Crippen LogP contribution is 2.35. The van der Waals surface area contributed by atoms with Crippen molar-refractivity contribution in [1.29, 1.82) is 5.26 Å². The number of aliphatic carboxylic acids is 1. The zero-order chi connectivity index (χ0) is 15.0. The molecule has 0 spiro atoms. The number of carbonyl (C=O) groups excluding carboxylic acids is 1. The molecule has 0 aromatic heterocycles. The Morgan fingerprint density at radius 3 is 2.60 bits per heavy atom. The van der Waals surface area contributed by atoms with E-state index in [2.05, 4.69) is 5.32 Å². The van der Waals surface area contributed by atoms with Crippen molar-refractivity contribution in [1.82, 2.24) is 10.2 Å². The SMILES string of the molecule is COCCN(CCC#N)C(=O)NC1(CC(=O)O)CCC1. The molecule has 0 aromatic carbocycles. The fraction of sp³-hybridized carbons (Fsp3) is 0.769. The van der Waals surface area contributed by atoms with Gasteiger partial charge in [-0.15, -0.1) is 0 Å². The second-order valence-corrected chi connectivity index (χ2v) is 5.02. The molecule has 1 aliphatic carbocycles. The summed E-state index contributed by atoms with van der Waals surface area (Å²) in [6.45, 7) is 1.08. The molecule has 1 aliphatic rings. The van der Waals surface area contributed by atoms with Crippen molar-refractivity contribution in [3.63, 3.8) is 0 Å². The Morgan fingerprint density at radius 1 is 1.45 bits per heavy atom. The number of hydrogen-bond acceptors (Lipinski definition) is 4. The molecule has 0 aliphatic heterocycles. The van der Waals surface area contributed by atoms with E-state index in [4.69, 9.17) is 15.1 Å². The van der Waals surface area contributed by atoms with Crippen LogP contribution in [0.5, 0.6) is 0 Å². The van der Waals surface area contributed by atoms with Crippen molar-refractivity contribution >= 4 is 12.0 Å². The van der Waals surface area contributed by atoms with E-state index in [1.165, 1.54) is 12.0 Å². The van der Waals surface area contributed by atoms with Gasteiger partial charge in [-0.3, -0.25) is 4.79 Å². The molecule has 1 fully saturated rings. The fourth-order valence-electron chi connectivity index (χ4n) is 2.25. The minimum atomic E-state index is -0.912. The molecule has 7 nitrogen and oxygen atoms in total. The molecular weight excluding hydrogens is 262 g/mol. The zero-order valence-electron chi connectivity index (χ0n) is 11.7. The normalized spacial score (nSPS) is 15.8. The molecule has 7 heteroatoms. The van der Waals surface area contributed by atoms with Gasteiger partial charge in [0.2, 0.25) is 0 Å². The monoisotopic (exact) mass is 283 g/mol. The summed E-state index contributed by atoms with van der Waals surface area (Å²) in [6.07, 6.45) is 2.46. The lowest BCUT2D eigenvalue weighted by Gasteiger charge is -2.42. The molecule has 20 heavy (non-hydrogen) atoms. The molecule has 2 N–H and O–H groups in total. The molecular formula is C13H21N3O4. The highest BCUT2D eigenvalue weighted by Gasteiger charge is 2.41. The Morgan fingerprint density at radius 2 is 2.15 bits per heavy atom. The first-order valence-corrected chi connectivity index (χ1v) is 6.68. The van der Waals surface area contributed by atoms with Crippen molar-refractivity contribution in [2.45, 2.75) is 37.6 Å². The van der Waals surface area contributed by atoms with E-state index in [1.54, 1.807) is 0 Å². The van der Waals surface area contributed by atoms with Crippen LogP contribution in [0, 0.1) is 11.3 Å². The first kappa shape index (κ1) is 16.2. The Bertz CT molecular complexity index is 388. The molecule has 2 amide bonds. The summed E-state index contributed by atoms with van der Waals surface area (Å²) in [5.74, 6) is -0.912. The highest BCUT2D eigenvalue weighted by atomic mass is 16.5. The van der Waals surface area contributed by atoms with Crippen molar-refractivity contribution in [3.8, 4) is 6.07 Å². The van der Waals surface area contributed by atoms with Gasteiger partial charge in [-0.2, -0.15) is 5.26 Å². The van der Waals surface area contributed by atoms with Crippen molar-refractivity contribution in [3.05, 3.63) is 0 Å². The Kier molecular flexibility index (Phi) is 6.25. The maximum Gasteiger partial charge on any atom is 0.317 e. The molecule has 0 unspecified atom stereocenters. The first-order chi connectivity index (χ1) is 9.53. The number of urea groups is 1. The third-order valence-corrected chi connectivity index (χ3v) is 3.52. The maximum absolute atomic E-state index is 12.2. The molecule has 1 saturated carbocycles. The van der Waals surface area contributed by atoms with Gasteiger partial charge in [0, 0.05) is 20.2 Å². The number of carbonyl (C=O) groups is 2.